The van der Waals surface area contributed by atoms with Gasteiger partial charge in [-0.2, -0.15) is 5.01 Å². The normalized spacial score (nSPS) is 19.2. The highest BCUT2D eigenvalue weighted by atomic mass is 35.5. The third-order valence-electron chi connectivity index (χ3n) is 4.82. The number of hydrazine groups is 1. The lowest BCUT2D eigenvalue weighted by atomic mass is 9.92. The first-order chi connectivity index (χ1) is 14.2. The Hall–Kier alpha value is -3.39. The summed E-state index contributed by atoms with van der Waals surface area (Å²) in [5.74, 6) is -1.53. The summed E-state index contributed by atoms with van der Waals surface area (Å²) in [6, 6.07) is 14.0. The summed E-state index contributed by atoms with van der Waals surface area (Å²) >= 11 is 5.90. The number of carbonyl (C=O) groups is 4. The summed E-state index contributed by atoms with van der Waals surface area (Å²) in [7, 11) is 0. The largest absolute Gasteiger partial charge is 0.349 e. The number of rotatable bonds is 6. The smallest absolute Gasteiger partial charge is 0.344 e. The predicted octanol–water partition coefficient (Wildman–Crippen LogP) is 2.41. The number of nitrogens with one attached hydrogen (secondary N) is 3. The first-order valence-corrected chi connectivity index (χ1v) is 9.63. The number of halogens is 1. The van der Waals surface area contributed by atoms with Crippen LogP contribution >= 0.6 is 11.6 Å². The van der Waals surface area contributed by atoms with E-state index < -0.39 is 29.4 Å². The molecule has 0 aliphatic carbocycles. The summed E-state index contributed by atoms with van der Waals surface area (Å²) in [5, 5.41) is 6.49. The van der Waals surface area contributed by atoms with Crippen molar-refractivity contribution < 1.29 is 19.2 Å². The molecule has 5 amide bonds. The van der Waals surface area contributed by atoms with E-state index in [-0.39, 0.29) is 12.3 Å². The van der Waals surface area contributed by atoms with Gasteiger partial charge in [-0.05, 0) is 30.2 Å². The molecule has 1 fully saturated rings. The van der Waals surface area contributed by atoms with E-state index in [1.54, 1.807) is 61.5 Å². The van der Waals surface area contributed by atoms with Crippen LogP contribution in [0.3, 0.4) is 0 Å². The van der Waals surface area contributed by atoms with E-state index >= 15 is 0 Å². The van der Waals surface area contributed by atoms with Gasteiger partial charge in [0.05, 0.1) is 12.5 Å². The van der Waals surface area contributed by atoms with Crippen molar-refractivity contribution in [2.45, 2.75) is 31.8 Å². The standard InChI is InChI=1S/C21H21ClN4O4/c1-13(27)23-17(14-8-10-16(22)11-9-14)12-18(28)25-26-19(29)21(2,24-20(26)30)15-6-4-3-5-7-15/h3-11,17H,12H2,1-2H3,(H,23,27)(H,24,30)(H,25,28). The number of hydrogen-bond acceptors (Lipinski definition) is 4. The lowest BCUT2D eigenvalue weighted by molar-refractivity contribution is -0.139. The SMILES string of the molecule is CC(=O)NC(CC(=O)NN1C(=O)NC(C)(c2ccccc2)C1=O)c1ccc(Cl)cc1. The molecular formula is C21H21ClN4O4. The molecule has 1 heterocycles. The molecule has 9 heteroatoms. The molecule has 30 heavy (non-hydrogen) atoms. The minimum absolute atomic E-state index is 0.180. The van der Waals surface area contributed by atoms with Gasteiger partial charge in [-0.3, -0.25) is 19.8 Å². The average Bonchev–Trinajstić information content (AvgIpc) is 2.92. The zero-order chi connectivity index (χ0) is 21.9. The van der Waals surface area contributed by atoms with Crippen molar-refractivity contribution >= 4 is 35.4 Å². The summed E-state index contributed by atoms with van der Waals surface area (Å²) < 4.78 is 0. The Labute approximate surface area is 178 Å². The maximum atomic E-state index is 12.9. The minimum atomic E-state index is -1.29. The average molecular weight is 429 g/mol. The molecule has 1 saturated heterocycles. The van der Waals surface area contributed by atoms with Crippen LogP contribution in [0.25, 0.3) is 0 Å². The van der Waals surface area contributed by atoms with E-state index in [0.717, 1.165) is 0 Å². The second-order valence-electron chi connectivity index (χ2n) is 7.11. The third kappa shape index (κ3) is 4.44. The molecule has 0 saturated carbocycles. The number of amides is 5. The number of hydrogen-bond donors (Lipinski definition) is 3. The second kappa shape index (κ2) is 8.54. The van der Waals surface area contributed by atoms with E-state index in [9.17, 15) is 19.2 Å². The van der Waals surface area contributed by atoms with Crippen molar-refractivity contribution in [2.75, 3.05) is 0 Å². The van der Waals surface area contributed by atoms with Crippen LogP contribution < -0.4 is 16.1 Å². The molecule has 1 aliphatic rings. The van der Waals surface area contributed by atoms with E-state index in [1.807, 2.05) is 0 Å². The highest BCUT2D eigenvalue weighted by molar-refractivity contribution is 6.30. The van der Waals surface area contributed by atoms with Crippen LogP contribution in [0.15, 0.2) is 54.6 Å². The van der Waals surface area contributed by atoms with Crippen LogP contribution in [0.1, 0.15) is 37.4 Å². The van der Waals surface area contributed by atoms with Crippen LogP contribution in [-0.2, 0) is 19.9 Å². The van der Waals surface area contributed by atoms with E-state index in [2.05, 4.69) is 16.1 Å². The van der Waals surface area contributed by atoms with Gasteiger partial charge in [0.25, 0.3) is 5.91 Å². The van der Waals surface area contributed by atoms with E-state index in [0.29, 0.717) is 21.2 Å². The Morgan fingerprint density at radius 3 is 2.33 bits per heavy atom. The first kappa shape index (κ1) is 21.3. The Morgan fingerprint density at radius 2 is 1.73 bits per heavy atom. The zero-order valence-corrected chi connectivity index (χ0v) is 17.2. The zero-order valence-electron chi connectivity index (χ0n) is 16.4. The van der Waals surface area contributed by atoms with Gasteiger partial charge in [0.1, 0.15) is 5.54 Å². The maximum absolute atomic E-state index is 12.9. The predicted molar refractivity (Wildman–Crippen MR) is 110 cm³/mol. The maximum Gasteiger partial charge on any atom is 0.344 e. The topological polar surface area (TPSA) is 108 Å². The summed E-state index contributed by atoms with van der Waals surface area (Å²) in [4.78, 5) is 49.4. The Balaban J connectivity index is 1.74. The van der Waals surface area contributed by atoms with Crippen molar-refractivity contribution in [1.29, 1.82) is 0 Å². The molecule has 2 aromatic carbocycles. The lowest BCUT2D eigenvalue weighted by Crippen LogP contribution is -2.48. The molecule has 8 nitrogen and oxygen atoms in total. The van der Waals surface area contributed by atoms with Crippen LogP contribution in [0.2, 0.25) is 5.02 Å². The Bertz CT molecular complexity index is 980. The minimum Gasteiger partial charge on any atom is -0.349 e. The number of nitrogens with zero attached hydrogens (tertiary/aromatic N) is 1. The molecule has 3 N–H and O–H groups in total. The van der Waals surface area contributed by atoms with Gasteiger partial charge in [-0.1, -0.05) is 54.1 Å². The molecular weight excluding hydrogens is 408 g/mol. The monoisotopic (exact) mass is 428 g/mol. The quantitative estimate of drug-likeness (QED) is 0.614. The number of imide groups is 1. The van der Waals surface area contributed by atoms with Gasteiger partial charge >= 0.3 is 6.03 Å². The second-order valence-corrected chi connectivity index (χ2v) is 7.54. The van der Waals surface area contributed by atoms with Crippen molar-refractivity contribution in [3.05, 3.63) is 70.7 Å². The van der Waals surface area contributed by atoms with Crippen LogP contribution in [-0.4, -0.2) is 28.8 Å². The summed E-state index contributed by atoms with van der Waals surface area (Å²) in [5.41, 5.74) is 2.31. The number of urea groups is 1. The molecule has 3 rings (SSSR count). The molecule has 2 atom stereocenters. The van der Waals surface area contributed by atoms with Crippen molar-refractivity contribution in [1.82, 2.24) is 21.1 Å². The van der Waals surface area contributed by atoms with Gasteiger partial charge in [0.15, 0.2) is 0 Å². The molecule has 2 unspecified atom stereocenters. The van der Waals surface area contributed by atoms with Crippen LogP contribution in [0.4, 0.5) is 4.79 Å². The fourth-order valence-electron chi connectivity index (χ4n) is 3.26. The van der Waals surface area contributed by atoms with E-state index in [1.165, 1.54) is 6.92 Å². The molecule has 1 aliphatic heterocycles. The van der Waals surface area contributed by atoms with Crippen LogP contribution in [0, 0.1) is 0 Å². The molecule has 0 radical (unpaired) electrons. The Morgan fingerprint density at radius 1 is 1.10 bits per heavy atom. The fourth-order valence-corrected chi connectivity index (χ4v) is 3.38. The molecule has 0 bridgehead atoms. The lowest BCUT2D eigenvalue weighted by Gasteiger charge is -2.23. The number of carbonyl (C=O) groups excluding carboxylic acids is 4. The highest BCUT2D eigenvalue weighted by Gasteiger charge is 2.50. The third-order valence-corrected chi connectivity index (χ3v) is 5.07. The van der Waals surface area contributed by atoms with Gasteiger partial charge in [-0.25, -0.2) is 4.79 Å². The summed E-state index contributed by atoms with van der Waals surface area (Å²) in [6.07, 6.45) is -0.180. The first-order valence-electron chi connectivity index (χ1n) is 9.25. The van der Waals surface area contributed by atoms with Crippen molar-refractivity contribution in [2.24, 2.45) is 0 Å². The highest BCUT2D eigenvalue weighted by Crippen LogP contribution is 2.28. The molecule has 0 aromatic heterocycles. The van der Waals surface area contributed by atoms with Gasteiger partial charge in [-0.15, -0.1) is 0 Å². The molecule has 0 spiro atoms. The van der Waals surface area contributed by atoms with Crippen LogP contribution in [0.5, 0.6) is 0 Å². The summed E-state index contributed by atoms with van der Waals surface area (Å²) in [6.45, 7) is 2.91. The van der Waals surface area contributed by atoms with Gasteiger partial charge < -0.3 is 10.6 Å². The molecule has 156 valence electrons. The van der Waals surface area contributed by atoms with Gasteiger partial charge in [0.2, 0.25) is 11.8 Å². The fraction of sp³-hybridized carbons (Fsp3) is 0.238. The van der Waals surface area contributed by atoms with E-state index in [4.69, 9.17) is 11.6 Å². The number of benzene rings is 2. The molecule has 2 aromatic rings. The Kier molecular flexibility index (Phi) is 6.07. The van der Waals surface area contributed by atoms with Crippen molar-refractivity contribution in [3.8, 4) is 0 Å². The van der Waals surface area contributed by atoms with Crippen molar-refractivity contribution in [3.63, 3.8) is 0 Å². The van der Waals surface area contributed by atoms with Gasteiger partial charge in [0, 0.05) is 11.9 Å².